The van der Waals surface area contributed by atoms with Gasteiger partial charge in [-0.15, -0.1) is 0 Å². The predicted octanol–water partition coefficient (Wildman–Crippen LogP) is 5.88. The van der Waals surface area contributed by atoms with Crippen molar-refractivity contribution in [1.29, 1.82) is 0 Å². The molecule has 0 bridgehead atoms. The van der Waals surface area contributed by atoms with Gasteiger partial charge in [0.05, 0.1) is 16.8 Å². The molecular formula is C21H12F10N4O2. The SMILES string of the molecule is Cn1nc(C(F)(F)C(F)(F)F)c(C(F)(F)F)c1NC(=O)c1cccc(NC(=O)c2ccccc2F)c1F. The Labute approximate surface area is 199 Å². The highest BCUT2D eigenvalue weighted by Gasteiger charge is 2.64. The highest BCUT2D eigenvalue weighted by molar-refractivity contribution is 6.07. The van der Waals surface area contributed by atoms with E-state index in [9.17, 15) is 53.5 Å². The van der Waals surface area contributed by atoms with Gasteiger partial charge in [-0.1, -0.05) is 18.2 Å². The molecule has 0 aliphatic carbocycles. The summed E-state index contributed by atoms with van der Waals surface area (Å²) in [5.74, 6) is -13.1. The molecule has 0 aliphatic rings. The van der Waals surface area contributed by atoms with Crippen LogP contribution in [0.4, 0.5) is 55.4 Å². The smallest absolute Gasteiger partial charge is 0.319 e. The molecule has 0 saturated carbocycles. The first-order valence-electron chi connectivity index (χ1n) is 9.71. The Balaban J connectivity index is 2.00. The molecular weight excluding hydrogens is 530 g/mol. The Hall–Kier alpha value is -4.11. The molecule has 3 rings (SSSR count). The fourth-order valence-corrected chi connectivity index (χ4v) is 3.10. The molecule has 37 heavy (non-hydrogen) atoms. The second kappa shape index (κ2) is 9.40. The molecule has 0 saturated heterocycles. The predicted molar refractivity (Wildman–Crippen MR) is 107 cm³/mol. The molecule has 0 aliphatic heterocycles. The molecule has 1 heterocycles. The molecule has 1 aromatic heterocycles. The fourth-order valence-electron chi connectivity index (χ4n) is 3.10. The minimum atomic E-state index is -6.46. The summed E-state index contributed by atoms with van der Waals surface area (Å²) in [5, 5.41) is 6.00. The number of anilines is 2. The van der Waals surface area contributed by atoms with Crippen LogP contribution in [0.5, 0.6) is 0 Å². The van der Waals surface area contributed by atoms with E-state index < -0.39 is 75.6 Å². The molecule has 6 nitrogen and oxygen atoms in total. The van der Waals surface area contributed by atoms with Crippen molar-refractivity contribution < 1.29 is 53.5 Å². The summed E-state index contributed by atoms with van der Waals surface area (Å²) in [4.78, 5) is 24.8. The van der Waals surface area contributed by atoms with E-state index in [2.05, 4.69) is 5.10 Å². The quantitative estimate of drug-likeness (QED) is 0.396. The van der Waals surface area contributed by atoms with Crippen LogP contribution in [-0.2, 0) is 19.1 Å². The van der Waals surface area contributed by atoms with Crippen molar-refractivity contribution in [2.24, 2.45) is 7.05 Å². The van der Waals surface area contributed by atoms with Crippen LogP contribution in [0.2, 0.25) is 0 Å². The summed E-state index contributed by atoms with van der Waals surface area (Å²) >= 11 is 0. The van der Waals surface area contributed by atoms with Crippen LogP contribution in [0.15, 0.2) is 42.5 Å². The second-order valence-electron chi connectivity index (χ2n) is 7.32. The fraction of sp³-hybridized carbons (Fsp3) is 0.190. The zero-order chi connectivity index (χ0) is 27.9. The lowest BCUT2D eigenvalue weighted by molar-refractivity contribution is -0.292. The monoisotopic (exact) mass is 542 g/mol. The Morgan fingerprint density at radius 3 is 1.95 bits per heavy atom. The van der Waals surface area contributed by atoms with Gasteiger partial charge in [-0.05, 0) is 24.3 Å². The van der Waals surface area contributed by atoms with Crippen molar-refractivity contribution in [3.63, 3.8) is 0 Å². The zero-order valence-electron chi connectivity index (χ0n) is 18.0. The average Bonchev–Trinajstić information content (AvgIpc) is 3.11. The summed E-state index contributed by atoms with van der Waals surface area (Å²) in [7, 11) is 0.544. The number of nitrogens with zero attached hydrogens (tertiary/aromatic N) is 2. The van der Waals surface area contributed by atoms with Crippen molar-refractivity contribution in [1.82, 2.24) is 9.78 Å². The van der Waals surface area contributed by atoms with Crippen LogP contribution in [0.1, 0.15) is 32.0 Å². The number of aromatic nitrogens is 2. The Kier molecular flexibility index (Phi) is 6.98. The number of alkyl halides is 8. The van der Waals surface area contributed by atoms with E-state index in [1.165, 1.54) is 17.4 Å². The van der Waals surface area contributed by atoms with Gasteiger partial charge in [0.25, 0.3) is 11.8 Å². The van der Waals surface area contributed by atoms with Gasteiger partial charge in [0.2, 0.25) is 0 Å². The molecule has 0 atom stereocenters. The van der Waals surface area contributed by atoms with Crippen LogP contribution < -0.4 is 10.6 Å². The lowest BCUT2D eigenvalue weighted by Gasteiger charge is -2.19. The van der Waals surface area contributed by atoms with Crippen molar-refractivity contribution in [2.75, 3.05) is 10.6 Å². The van der Waals surface area contributed by atoms with Crippen molar-refractivity contribution in [3.8, 4) is 0 Å². The minimum Gasteiger partial charge on any atom is -0.319 e. The maximum atomic E-state index is 14.9. The lowest BCUT2D eigenvalue weighted by Crippen LogP contribution is -2.36. The Morgan fingerprint density at radius 2 is 1.38 bits per heavy atom. The third kappa shape index (κ3) is 5.22. The van der Waals surface area contributed by atoms with Crippen LogP contribution in [-0.4, -0.2) is 27.8 Å². The van der Waals surface area contributed by atoms with E-state index in [0.29, 0.717) is 7.05 Å². The standard InChI is InChI=1S/C21H12F10N4O2/c1-35-16(13(20(26,27)28)15(34-35)19(24,25)21(29,30)31)33-18(37)10-6-4-8-12(14(10)23)32-17(36)9-5-2-3-7-11(9)22/h2-8H,1H3,(H,32,36)(H,33,37). The zero-order valence-corrected chi connectivity index (χ0v) is 18.0. The number of carbonyl (C=O) groups excluding carboxylic acids is 2. The van der Waals surface area contributed by atoms with Crippen molar-refractivity contribution in [2.45, 2.75) is 18.3 Å². The summed E-state index contributed by atoms with van der Waals surface area (Å²) in [6.45, 7) is 0. The summed E-state index contributed by atoms with van der Waals surface area (Å²) in [6, 6.07) is 7.14. The van der Waals surface area contributed by atoms with E-state index in [4.69, 9.17) is 0 Å². The molecule has 198 valence electrons. The number of amides is 2. The maximum Gasteiger partial charge on any atom is 0.459 e. The van der Waals surface area contributed by atoms with E-state index >= 15 is 0 Å². The van der Waals surface area contributed by atoms with Crippen molar-refractivity contribution in [3.05, 3.63) is 76.5 Å². The molecule has 0 fully saturated rings. The minimum absolute atomic E-state index is 0.0859. The first kappa shape index (κ1) is 27.5. The van der Waals surface area contributed by atoms with Gasteiger partial charge < -0.3 is 10.6 Å². The maximum absolute atomic E-state index is 14.9. The Bertz CT molecular complexity index is 1360. The molecule has 2 amide bonds. The molecule has 0 spiro atoms. The first-order chi connectivity index (χ1) is 17.0. The number of nitrogens with one attached hydrogen (secondary N) is 2. The second-order valence-corrected chi connectivity index (χ2v) is 7.32. The number of hydrogen-bond acceptors (Lipinski definition) is 3. The highest BCUT2D eigenvalue weighted by Crippen LogP contribution is 2.49. The number of hydrogen-bond donors (Lipinski definition) is 2. The Morgan fingerprint density at radius 1 is 0.811 bits per heavy atom. The normalized spacial score (nSPS) is 12.4. The van der Waals surface area contributed by atoms with Gasteiger partial charge in [-0.3, -0.25) is 14.3 Å². The van der Waals surface area contributed by atoms with E-state index in [1.54, 1.807) is 0 Å². The van der Waals surface area contributed by atoms with Crippen molar-refractivity contribution >= 4 is 23.3 Å². The molecule has 2 N–H and O–H groups in total. The third-order valence-corrected chi connectivity index (χ3v) is 4.83. The third-order valence-electron chi connectivity index (χ3n) is 4.83. The summed E-state index contributed by atoms with van der Waals surface area (Å²) in [6.07, 6.45) is -12.3. The first-order valence-corrected chi connectivity index (χ1v) is 9.71. The van der Waals surface area contributed by atoms with Gasteiger partial charge in [-0.25, -0.2) is 8.78 Å². The van der Waals surface area contributed by atoms with Gasteiger partial charge in [0, 0.05) is 7.05 Å². The van der Waals surface area contributed by atoms with E-state index in [-0.39, 0.29) is 4.68 Å². The van der Waals surface area contributed by atoms with Gasteiger partial charge in [0.1, 0.15) is 17.2 Å². The van der Waals surface area contributed by atoms with Crippen LogP contribution in [0.25, 0.3) is 0 Å². The number of aryl methyl sites for hydroxylation is 1. The van der Waals surface area contributed by atoms with Gasteiger partial charge in [0.15, 0.2) is 11.5 Å². The molecule has 16 heteroatoms. The number of rotatable bonds is 5. The van der Waals surface area contributed by atoms with Crippen LogP contribution in [0.3, 0.4) is 0 Å². The molecule has 0 radical (unpaired) electrons. The topological polar surface area (TPSA) is 76.0 Å². The number of halogens is 10. The number of carbonyl (C=O) groups is 2. The van der Waals surface area contributed by atoms with Gasteiger partial charge >= 0.3 is 18.3 Å². The molecule has 0 unspecified atom stereocenters. The molecule has 3 aromatic rings. The highest BCUT2D eigenvalue weighted by atomic mass is 19.4. The number of benzene rings is 2. The van der Waals surface area contributed by atoms with Gasteiger partial charge in [-0.2, -0.15) is 40.2 Å². The van der Waals surface area contributed by atoms with Crippen LogP contribution in [0, 0.1) is 11.6 Å². The molecule has 2 aromatic carbocycles. The summed E-state index contributed by atoms with van der Waals surface area (Å²) in [5.41, 5.74) is -7.60. The van der Waals surface area contributed by atoms with Crippen LogP contribution >= 0.6 is 0 Å². The van der Waals surface area contributed by atoms with E-state index in [0.717, 1.165) is 30.3 Å². The lowest BCUT2D eigenvalue weighted by atomic mass is 10.1. The summed E-state index contributed by atoms with van der Waals surface area (Å²) < 4.78 is 135. The van der Waals surface area contributed by atoms with E-state index in [1.807, 2.05) is 5.32 Å². The largest absolute Gasteiger partial charge is 0.459 e. The average molecular weight is 542 g/mol.